The van der Waals surface area contributed by atoms with Gasteiger partial charge in [-0.1, -0.05) is 26.0 Å². The Hall–Kier alpha value is -2.01. The third kappa shape index (κ3) is 2.93. The Kier molecular flexibility index (Phi) is 4.29. The molecule has 0 bridgehead atoms. The van der Waals surface area contributed by atoms with Gasteiger partial charge in [0.2, 0.25) is 5.88 Å². The number of hydrogen-bond donors (Lipinski definition) is 2. The Bertz CT molecular complexity index is 574. The van der Waals surface area contributed by atoms with Gasteiger partial charge in [0.25, 0.3) is 0 Å². The lowest BCUT2D eigenvalue weighted by Gasteiger charge is -2.07. The topological polar surface area (TPSA) is 73.3 Å². The minimum absolute atomic E-state index is 0.145. The molecule has 1 aromatic carbocycles. The molecule has 20 heavy (non-hydrogen) atoms. The van der Waals surface area contributed by atoms with Gasteiger partial charge in [-0.25, -0.2) is 4.68 Å². The highest BCUT2D eigenvalue weighted by Crippen LogP contribution is 2.32. The second-order valence-electron chi connectivity index (χ2n) is 5.10. The summed E-state index contributed by atoms with van der Waals surface area (Å²) in [5.41, 5.74) is 8.59. The number of aliphatic hydroxyl groups excluding tert-OH is 1. The average molecular weight is 275 g/mol. The summed E-state index contributed by atoms with van der Waals surface area (Å²) in [5, 5.41) is 13.3. The summed E-state index contributed by atoms with van der Waals surface area (Å²) >= 11 is 0. The van der Waals surface area contributed by atoms with Gasteiger partial charge in [-0.2, -0.15) is 5.10 Å². The van der Waals surface area contributed by atoms with Crippen LogP contribution in [0.4, 0.5) is 5.69 Å². The predicted octanol–water partition coefficient (Wildman–Crippen LogP) is 2.45. The first kappa shape index (κ1) is 14.4. The van der Waals surface area contributed by atoms with E-state index in [0.29, 0.717) is 23.7 Å². The van der Waals surface area contributed by atoms with Crippen LogP contribution in [0.5, 0.6) is 11.6 Å². The Morgan fingerprint density at radius 1 is 1.30 bits per heavy atom. The van der Waals surface area contributed by atoms with E-state index in [0.717, 1.165) is 11.3 Å². The third-order valence-electron chi connectivity index (χ3n) is 3.14. The van der Waals surface area contributed by atoms with Gasteiger partial charge in [0.15, 0.2) is 0 Å². The molecule has 0 amide bonds. The fraction of sp³-hybridized carbons (Fsp3) is 0.400. The van der Waals surface area contributed by atoms with Crippen molar-refractivity contribution in [2.75, 3.05) is 12.3 Å². The largest absolute Gasteiger partial charge is 0.437 e. The van der Waals surface area contributed by atoms with Crippen LogP contribution in [-0.2, 0) is 13.5 Å². The Morgan fingerprint density at radius 2 is 1.95 bits per heavy atom. The van der Waals surface area contributed by atoms with E-state index in [2.05, 4.69) is 5.10 Å². The number of nitrogen functional groups attached to an aromatic ring is 1. The lowest BCUT2D eigenvalue weighted by Crippen LogP contribution is -1.97. The summed E-state index contributed by atoms with van der Waals surface area (Å²) in [6.45, 7) is 4.24. The number of aliphatic hydroxyl groups is 1. The normalized spacial score (nSPS) is 11.1. The molecule has 1 aromatic heterocycles. The number of hydrogen-bond acceptors (Lipinski definition) is 4. The average Bonchev–Trinajstić information content (AvgIpc) is 2.69. The molecule has 0 radical (unpaired) electrons. The highest BCUT2D eigenvalue weighted by molar-refractivity contribution is 5.55. The number of nitrogens with two attached hydrogens (primary N) is 1. The quantitative estimate of drug-likeness (QED) is 0.879. The van der Waals surface area contributed by atoms with Crippen molar-refractivity contribution in [2.24, 2.45) is 7.05 Å². The van der Waals surface area contributed by atoms with E-state index in [4.69, 9.17) is 15.6 Å². The third-order valence-corrected chi connectivity index (χ3v) is 3.14. The smallest absolute Gasteiger partial charge is 0.241 e. The van der Waals surface area contributed by atoms with Crippen LogP contribution in [0.3, 0.4) is 0 Å². The van der Waals surface area contributed by atoms with Gasteiger partial charge >= 0.3 is 0 Å². The van der Waals surface area contributed by atoms with E-state index in [1.807, 2.05) is 45.2 Å². The second kappa shape index (κ2) is 5.96. The first-order valence-corrected chi connectivity index (χ1v) is 6.73. The fourth-order valence-electron chi connectivity index (χ4n) is 2.06. The predicted molar refractivity (Wildman–Crippen MR) is 79.0 cm³/mol. The van der Waals surface area contributed by atoms with Crippen LogP contribution in [0.1, 0.15) is 31.0 Å². The summed E-state index contributed by atoms with van der Waals surface area (Å²) in [7, 11) is 1.82. The number of anilines is 1. The zero-order chi connectivity index (χ0) is 14.7. The van der Waals surface area contributed by atoms with E-state index >= 15 is 0 Å². The maximum absolute atomic E-state index is 8.89. The zero-order valence-electron chi connectivity index (χ0n) is 12.1. The van der Waals surface area contributed by atoms with Crippen LogP contribution in [0.25, 0.3) is 0 Å². The second-order valence-corrected chi connectivity index (χ2v) is 5.10. The van der Waals surface area contributed by atoms with Crippen molar-refractivity contribution in [3.05, 3.63) is 35.5 Å². The molecule has 0 saturated heterocycles. The number of aromatic nitrogens is 2. The van der Waals surface area contributed by atoms with E-state index in [1.165, 1.54) is 0 Å². The molecule has 0 saturated carbocycles. The summed E-state index contributed by atoms with van der Waals surface area (Å²) in [4.78, 5) is 0. The van der Waals surface area contributed by atoms with Crippen LogP contribution < -0.4 is 10.5 Å². The Labute approximate surface area is 119 Å². The van der Waals surface area contributed by atoms with Crippen molar-refractivity contribution in [3.63, 3.8) is 0 Å². The highest BCUT2D eigenvalue weighted by Gasteiger charge is 2.17. The standard InChI is InChI=1S/C15H21N3O2/c1-10(2)14-13(16)15(18(3)17-14)20-12-6-4-11(5-7-12)8-9-19/h4-7,10,19H,8-9,16H2,1-3H3. The van der Waals surface area contributed by atoms with Crippen LogP contribution in [0.15, 0.2) is 24.3 Å². The van der Waals surface area contributed by atoms with Gasteiger partial charge < -0.3 is 15.6 Å². The molecule has 0 aliphatic rings. The van der Waals surface area contributed by atoms with E-state index in [9.17, 15) is 0 Å². The van der Waals surface area contributed by atoms with Gasteiger partial charge in [-0.05, 0) is 30.0 Å². The van der Waals surface area contributed by atoms with Crippen LogP contribution >= 0.6 is 0 Å². The molecule has 3 N–H and O–H groups in total. The lowest BCUT2D eigenvalue weighted by molar-refractivity contribution is 0.299. The number of nitrogens with zero attached hydrogens (tertiary/aromatic N) is 2. The van der Waals surface area contributed by atoms with Crippen LogP contribution in [-0.4, -0.2) is 21.5 Å². The summed E-state index contributed by atoms with van der Waals surface area (Å²) in [5.74, 6) is 1.52. The molecular formula is C15H21N3O2. The SMILES string of the molecule is CC(C)c1nn(C)c(Oc2ccc(CCO)cc2)c1N. The molecule has 0 fully saturated rings. The van der Waals surface area contributed by atoms with E-state index in [-0.39, 0.29) is 12.5 Å². The first-order valence-electron chi connectivity index (χ1n) is 6.73. The molecule has 0 atom stereocenters. The van der Waals surface area contributed by atoms with Crippen molar-refractivity contribution in [1.82, 2.24) is 9.78 Å². The lowest BCUT2D eigenvalue weighted by atomic mass is 10.1. The van der Waals surface area contributed by atoms with Crippen LogP contribution in [0.2, 0.25) is 0 Å². The van der Waals surface area contributed by atoms with E-state index < -0.39 is 0 Å². The van der Waals surface area contributed by atoms with Crippen molar-refractivity contribution < 1.29 is 9.84 Å². The minimum Gasteiger partial charge on any atom is -0.437 e. The summed E-state index contributed by atoms with van der Waals surface area (Å²) in [6.07, 6.45) is 0.644. The Morgan fingerprint density at radius 3 is 2.45 bits per heavy atom. The van der Waals surface area contributed by atoms with Crippen molar-refractivity contribution in [1.29, 1.82) is 0 Å². The molecule has 5 heteroatoms. The fourth-order valence-corrected chi connectivity index (χ4v) is 2.06. The summed E-state index contributed by atoms with van der Waals surface area (Å²) in [6, 6.07) is 7.60. The number of aryl methyl sites for hydroxylation is 1. The van der Waals surface area contributed by atoms with Gasteiger partial charge in [0.1, 0.15) is 11.4 Å². The maximum atomic E-state index is 8.89. The van der Waals surface area contributed by atoms with Crippen molar-refractivity contribution in [2.45, 2.75) is 26.2 Å². The molecule has 0 aliphatic heterocycles. The van der Waals surface area contributed by atoms with Crippen molar-refractivity contribution >= 4 is 5.69 Å². The number of ether oxygens (including phenoxy) is 1. The maximum Gasteiger partial charge on any atom is 0.241 e. The van der Waals surface area contributed by atoms with Crippen molar-refractivity contribution in [3.8, 4) is 11.6 Å². The molecular weight excluding hydrogens is 254 g/mol. The monoisotopic (exact) mass is 275 g/mol. The Balaban J connectivity index is 2.21. The minimum atomic E-state index is 0.145. The highest BCUT2D eigenvalue weighted by atomic mass is 16.5. The molecule has 108 valence electrons. The molecule has 2 aromatic rings. The molecule has 2 rings (SSSR count). The molecule has 1 heterocycles. The number of benzene rings is 1. The van der Waals surface area contributed by atoms with Crippen LogP contribution in [0, 0.1) is 0 Å². The summed E-state index contributed by atoms with van der Waals surface area (Å²) < 4.78 is 7.48. The van der Waals surface area contributed by atoms with E-state index in [1.54, 1.807) is 4.68 Å². The van der Waals surface area contributed by atoms with Gasteiger partial charge in [0, 0.05) is 13.7 Å². The molecule has 0 spiro atoms. The van der Waals surface area contributed by atoms with Gasteiger partial charge in [-0.3, -0.25) is 0 Å². The van der Waals surface area contributed by atoms with Gasteiger partial charge in [0.05, 0.1) is 5.69 Å². The molecule has 0 aliphatic carbocycles. The first-order chi connectivity index (χ1) is 9.52. The number of rotatable bonds is 5. The zero-order valence-corrected chi connectivity index (χ0v) is 12.1. The molecule has 0 unspecified atom stereocenters. The van der Waals surface area contributed by atoms with Gasteiger partial charge in [-0.15, -0.1) is 0 Å². The molecule has 5 nitrogen and oxygen atoms in total.